The summed E-state index contributed by atoms with van der Waals surface area (Å²) in [5.74, 6) is -0.612. The molecule has 0 radical (unpaired) electrons. The Kier molecular flexibility index (Phi) is 54.0. The first-order valence-corrected chi connectivity index (χ1v) is 27.7. The van der Waals surface area contributed by atoms with Crippen LogP contribution in [0.1, 0.15) is 232 Å². The van der Waals surface area contributed by atoms with Gasteiger partial charge in [0.1, 0.15) is 6.61 Å². The molecule has 0 rings (SSSR count). The first kappa shape index (κ1) is 64.0. The molecule has 0 saturated heterocycles. The van der Waals surface area contributed by atoms with Crippen LogP contribution in [0, 0.1) is 0 Å². The van der Waals surface area contributed by atoms with Crippen LogP contribution in [0.2, 0.25) is 0 Å². The van der Waals surface area contributed by atoms with Crippen molar-refractivity contribution in [3.8, 4) is 0 Å². The molecule has 0 bridgehead atoms. The second-order valence-electron chi connectivity index (χ2n) is 17.9. The Balaban J connectivity index is 3.58. The SMILES string of the molecule is CC/C=C\C/C=C\C/C=C\C/C=C\C/C=C\C/C=C\C/C=C\CCCCCCCCCC(=O)OC(CO)COC(=O)CCCCCCCCCCCCCC/C=C\C/C=C\C/C=C\C/C=C\CC. The lowest BCUT2D eigenvalue weighted by molar-refractivity contribution is -0.161. The molecular formula is C63H102O5. The van der Waals surface area contributed by atoms with E-state index in [2.05, 4.69) is 148 Å². The standard InChI is InChI=1S/C63H102O5/c1-3-5-7-9-11-13-15-17-19-21-23-25-27-29-30-31-32-34-36-38-40-42-44-46-48-50-52-54-56-58-63(66)68-61(59-64)60-67-62(65)57-55-53-51-49-47-45-43-41-39-37-35-33-28-26-24-22-20-18-16-14-12-10-8-6-4-2/h5-8,11-14,17-20,23-26,29-30,32,34,38,40,61,64H,3-4,9-10,15-16,21-22,27-28,31,33,35-37,39,41-60H2,1-2H3/b7-5-,8-6-,13-11-,14-12-,19-17-,20-18-,25-23-,26-24-,30-29-,34-32-,40-38-. The Morgan fingerprint density at radius 1 is 0.338 bits per heavy atom. The predicted octanol–water partition coefficient (Wildman–Crippen LogP) is 18.9. The van der Waals surface area contributed by atoms with Crippen LogP contribution in [0.3, 0.4) is 0 Å². The maximum Gasteiger partial charge on any atom is 0.306 e. The van der Waals surface area contributed by atoms with Crippen LogP contribution in [0.4, 0.5) is 0 Å². The quantitative estimate of drug-likeness (QED) is 0.0374. The number of hydrogen-bond acceptors (Lipinski definition) is 5. The van der Waals surface area contributed by atoms with Crippen LogP contribution in [0.25, 0.3) is 0 Å². The van der Waals surface area contributed by atoms with Gasteiger partial charge in [0.05, 0.1) is 6.61 Å². The third kappa shape index (κ3) is 54.6. The van der Waals surface area contributed by atoms with Crippen molar-refractivity contribution in [2.24, 2.45) is 0 Å². The number of unbranched alkanes of at least 4 members (excludes halogenated alkanes) is 19. The van der Waals surface area contributed by atoms with Gasteiger partial charge in [-0.25, -0.2) is 0 Å². The van der Waals surface area contributed by atoms with Crippen LogP contribution >= 0.6 is 0 Å². The number of carbonyl (C=O) groups excluding carboxylic acids is 2. The van der Waals surface area contributed by atoms with Gasteiger partial charge in [0, 0.05) is 12.8 Å². The van der Waals surface area contributed by atoms with Gasteiger partial charge in [-0.1, -0.05) is 244 Å². The molecule has 5 heteroatoms. The van der Waals surface area contributed by atoms with Gasteiger partial charge >= 0.3 is 11.9 Å². The predicted molar refractivity (Wildman–Crippen MR) is 297 cm³/mol. The zero-order valence-corrected chi connectivity index (χ0v) is 43.8. The van der Waals surface area contributed by atoms with Crippen molar-refractivity contribution in [3.63, 3.8) is 0 Å². The smallest absolute Gasteiger partial charge is 0.306 e. The van der Waals surface area contributed by atoms with Crippen LogP contribution in [-0.2, 0) is 19.1 Å². The Morgan fingerprint density at radius 3 is 0.882 bits per heavy atom. The molecule has 0 aliphatic carbocycles. The van der Waals surface area contributed by atoms with Crippen LogP contribution in [-0.4, -0.2) is 36.4 Å². The maximum atomic E-state index is 12.3. The highest BCUT2D eigenvalue weighted by Crippen LogP contribution is 2.15. The van der Waals surface area contributed by atoms with Gasteiger partial charge in [-0.3, -0.25) is 9.59 Å². The van der Waals surface area contributed by atoms with Crippen molar-refractivity contribution < 1.29 is 24.2 Å². The number of rotatable bonds is 49. The lowest BCUT2D eigenvalue weighted by atomic mass is 10.0. The minimum absolute atomic E-state index is 0.0793. The zero-order chi connectivity index (χ0) is 49.2. The fourth-order valence-corrected chi connectivity index (χ4v) is 7.35. The number of esters is 2. The second kappa shape index (κ2) is 57.4. The van der Waals surface area contributed by atoms with Crippen LogP contribution in [0.5, 0.6) is 0 Å². The molecule has 5 nitrogen and oxygen atoms in total. The van der Waals surface area contributed by atoms with Crippen molar-refractivity contribution >= 4 is 11.9 Å². The molecule has 0 aromatic carbocycles. The van der Waals surface area contributed by atoms with Gasteiger partial charge < -0.3 is 14.6 Å². The highest BCUT2D eigenvalue weighted by atomic mass is 16.6. The molecule has 0 amide bonds. The van der Waals surface area contributed by atoms with E-state index in [9.17, 15) is 14.7 Å². The van der Waals surface area contributed by atoms with Gasteiger partial charge in [-0.15, -0.1) is 0 Å². The Labute approximate surface area is 419 Å². The van der Waals surface area contributed by atoms with E-state index in [1.54, 1.807) is 0 Å². The number of carbonyl (C=O) groups is 2. The molecular weight excluding hydrogens is 837 g/mol. The van der Waals surface area contributed by atoms with Crippen molar-refractivity contribution in [1.82, 2.24) is 0 Å². The van der Waals surface area contributed by atoms with E-state index in [1.807, 2.05) is 0 Å². The molecule has 68 heavy (non-hydrogen) atoms. The highest BCUT2D eigenvalue weighted by molar-refractivity contribution is 5.70. The van der Waals surface area contributed by atoms with Crippen molar-refractivity contribution in [2.45, 2.75) is 238 Å². The lowest BCUT2D eigenvalue weighted by Gasteiger charge is -2.15. The second-order valence-corrected chi connectivity index (χ2v) is 17.9. The summed E-state index contributed by atoms with van der Waals surface area (Å²) < 4.78 is 10.7. The van der Waals surface area contributed by atoms with E-state index in [0.29, 0.717) is 12.8 Å². The summed E-state index contributed by atoms with van der Waals surface area (Å²) >= 11 is 0. The fraction of sp³-hybridized carbons (Fsp3) is 0.619. The van der Waals surface area contributed by atoms with Crippen molar-refractivity contribution in [1.29, 1.82) is 0 Å². The van der Waals surface area contributed by atoms with Crippen LogP contribution < -0.4 is 0 Å². The number of allylic oxidation sites excluding steroid dienone is 22. The van der Waals surface area contributed by atoms with Gasteiger partial charge in [0.15, 0.2) is 6.10 Å². The number of aliphatic hydroxyl groups excluding tert-OH is 1. The van der Waals surface area contributed by atoms with E-state index in [0.717, 1.165) is 116 Å². The zero-order valence-electron chi connectivity index (χ0n) is 43.8. The lowest BCUT2D eigenvalue weighted by Crippen LogP contribution is -2.28. The summed E-state index contributed by atoms with van der Waals surface area (Å²) in [5.41, 5.74) is 0. The van der Waals surface area contributed by atoms with E-state index in [1.165, 1.54) is 89.9 Å². The minimum Gasteiger partial charge on any atom is -0.462 e. The number of hydrogen-bond donors (Lipinski definition) is 1. The number of aliphatic hydroxyl groups is 1. The Morgan fingerprint density at radius 2 is 0.588 bits per heavy atom. The van der Waals surface area contributed by atoms with Crippen molar-refractivity contribution in [3.05, 3.63) is 134 Å². The third-order valence-electron chi connectivity index (χ3n) is 11.4. The summed E-state index contributed by atoms with van der Waals surface area (Å²) in [4.78, 5) is 24.5. The first-order chi connectivity index (χ1) is 33.6. The van der Waals surface area contributed by atoms with E-state index < -0.39 is 6.10 Å². The van der Waals surface area contributed by atoms with Crippen molar-refractivity contribution in [2.75, 3.05) is 13.2 Å². The molecule has 0 heterocycles. The first-order valence-electron chi connectivity index (χ1n) is 27.7. The van der Waals surface area contributed by atoms with Gasteiger partial charge in [-0.2, -0.15) is 0 Å². The molecule has 0 aliphatic heterocycles. The molecule has 0 spiro atoms. The molecule has 0 aromatic rings. The average Bonchev–Trinajstić information content (AvgIpc) is 3.34. The molecule has 0 fully saturated rings. The Bertz CT molecular complexity index is 1430. The summed E-state index contributed by atoms with van der Waals surface area (Å²) in [6.45, 7) is 3.90. The monoisotopic (exact) mass is 939 g/mol. The summed E-state index contributed by atoms with van der Waals surface area (Å²) in [7, 11) is 0. The van der Waals surface area contributed by atoms with Gasteiger partial charge in [0.2, 0.25) is 0 Å². The molecule has 384 valence electrons. The Hall–Kier alpha value is -3.96. The normalized spacial score (nSPS) is 13.3. The van der Waals surface area contributed by atoms with Crippen LogP contribution in [0.15, 0.2) is 134 Å². The fourth-order valence-electron chi connectivity index (χ4n) is 7.35. The van der Waals surface area contributed by atoms with Gasteiger partial charge in [0.25, 0.3) is 0 Å². The summed E-state index contributed by atoms with van der Waals surface area (Å²) in [6, 6.07) is 0. The molecule has 0 saturated carbocycles. The van der Waals surface area contributed by atoms with Gasteiger partial charge in [-0.05, 0) is 109 Å². The maximum absolute atomic E-state index is 12.3. The molecule has 1 atom stereocenters. The van der Waals surface area contributed by atoms with E-state index in [-0.39, 0.29) is 25.2 Å². The third-order valence-corrected chi connectivity index (χ3v) is 11.4. The topological polar surface area (TPSA) is 72.8 Å². The largest absolute Gasteiger partial charge is 0.462 e. The minimum atomic E-state index is -0.790. The molecule has 1 N–H and O–H groups in total. The average molecular weight is 940 g/mol. The summed E-state index contributed by atoms with van der Waals surface area (Å²) in [6.07, 6.45) is 85.5. The van der Waals surface area contributed by atoms with E-state index in [4.69, 9.17) is 9.47 Å². The highest BCUT2D eigenvalue weighted by Gasteiger charge is 2.16. The van der Waals surface area contributed by atoms with E-state index >= 15 is 0 Å². The molecule has 1 unspecified atom stereocenters. The summed E-state index contributed by atoms with van der Waals surface area (Å²) in [5, 5.41) is 9.65. The molecule has 0 aromatic heterocycles. The number of ether oxygens (including phenoxy) is 2. The molecule has 0 aliphatic rings.